The van der Waals surface area contributed by atoms with Crippen molar-refractivity contribution in [1.29, 1.82) is 0 Å². The van der Waals surface area contributed by atoms with Gasteiger partial charge in [0.15, 0.2) is 6.61 Å². The molecular formula is C18H24Cl2N2O5S. The molecule has 2 unspecified atom stereocenters. The van der Waals surface area contributed by atoms with Crippen molar-refractivity contribution in [2.24, 2.45) is 11.8 Å². The number of likely N-dealkylation sites (tertiary alicyclic amines) is 1. The maximum absolute atomic E-state index is 12.4. The number of sulfonamides is 1. The van der Waals surface area contributed by atoms with Crippen LogP contribution >= 0.6 is 23.2 Å². The number of nitrogens with one attached hydrogen (secondary N) is 1. The molecule has 0 aliphatic carbocycles. The lowest BCUT2D eigenvalue weighted by molar-refractivity contribution is -0.154. The number of piperidine rings is 1. The molecule has 1 aromatic carbocycles. The molecule has 0 spiro atoms. The Bertz CT molecular complexity index is 836. The molecule has 1 aromatic rings. The van der Waals surface area contributed by atoms with Gasteiger partial charge < -0.3 is 9.64 Å². The molecule has 3 atom stereocenters. The van der Waals surface area contributed by atoms with Crippen LogP contribution in [0.25, 0.3) is 0 Å². The number of hydrogen-bond donors (Lipinski definition) is 1. The Morgan fingerprint density at radius 1 is 1.21 bits per heavy atom. The number of ether oxygens (including phenoxy) is 1. The first-order valence-electron chi connectivity index (χ1n) is 8.91. The minimum Gasteiger partial charge on any atom is -0.454 e. The smallest absolute Gasteiger partial charge is 0.324 e. The van der Waals surface area contributed by atoms with Gasteiger partial charge >= 0.3 is 5.97 Å². The van der Waals surface area contributed by atoms with Gasteiger partial charge in [0.2, 0.25) is 10.0 Å². The predicted molar refractivity (Wildman–Crippen MR) is 107 cm³/mol. The number of amides is 1. The van der Waals surface area contributed by atoms with E-state index in [1.165, 1.54) is 25.1 Å². The van der Waals surface area contributed by atoms with Crippen LogP contribution < -0.4 is 4.72 Å². The Morgan fingerprint density at radius 3 is 2.39 bits per heavy atom. The van der Waals surface area contributed by atoms with Crippen molar-refractivity contribution in [2.75, 3.05) is 19.7 Å². The lowest BCUT2D eigenvalue weighted by Gasteiger charge is -2.34. The van der Waals surface area contributed by atoms with Crippen LogP contribution in [0.1, 0.15) is 27.2 Å². The molecule has 0 aromatic heterocycles. The van der Waals surface area contributed by atoms with Crippen LogP contribution in [-0.4, -0.2) is 50.9 Å². The zero-order valence-electron chi connectivity index (χ0n) is 15.9. The largest absolute Gasteiger partial charge is 0.454 e. The summed E-state index contributed by atoms with van der Waals surface area (Å²) in [6.45, 7) is 6.31. The highest BCUT2D eigenvalue weighted by Gasteiger charge is 2.28. The summed E-state index contributed by atoms with van der Waals surface area (Å²) < 4.78 is 32.0. The van der Waals surface area contributed by atoms with Crippen molar-refractivity contribution < 1.29 is 22.7 Å². The Balaban J connectivity index is 1.91. The standard InChI is InChI=1S/C18H24Cl2N2O5S/c1-11-6-12(2)9-22(8-11)17(23)10-27-18(24)13(3)21-28(25,26)14-4-5-15(19)16(20)7-14/h4-5,7,11-13,21H,6,8-10H2,1-3H3/t11?,12?,13-/m0/s1. The van der Waals surface area contributed by atoms with Gasteiger partial charge in [-0.25, -0.2) is 8.42 Å². The summed E-state index contributed by atoms with van der Waals surface area (Å²) in [6, 6.07) is 2.63. The van der Waals surface area contributed by atoms with Gasteiger partial charge in [0.05, 0.1) is 14.9 Å². The van der Waals surface area contributed by atoms with E-state index in [1.54, 1.807) is 4.90 Å². The molecule has 1 aliphatic rings. The third-order valence-electron chi connectivity index (χ3n) is 4.45. The highest BCUT2D eigenvalue weighted by Crippen LogP contribution is 2.25. The Morgan fingerprint density at radius 2 is 1.82 bits per heavy atom. The van der Waals surface area contributed by atoms with E-state index in [1.807, 2.05) is 0 Å². The average Bonchev–Trinajstić information content (AvgIpc) is 2.60. The maximum atomic E-state index is 12.4. The average molecular weight is 451 g/mol. The van der Waals surface area contributed by atoms with E-state index in [0.717, 1.165) is 6.42 Å². The van der Waals surface area contributed by atoms with Crippen molar-refractivity contribution in [3.05, 3.63) is 28.2 Å². The lowest BCUT2D eigenvalue weighted by Crippen LogP contribution is -2.45. The Kier molecular flexibility index (Phi) is 7.73. The molecule has 0 bridgehead atoms. The summed E-state index contributed by atoms with van der Waals surface area (Å²) in [5.74, 6) is -0.345. The highest BCUT2D eigenvalue weighted by molar-refractivity contribution is 7.89. The molecule has 2 rings (SSSR count). The molecule has 1 fully saturated rings. The van der Waals surface area contributed by atoms with Crippen LogP contribution in [-0.2, 0) is 24.3 Å². The molecule has 0 saturated carbocycles. The normalized spacial score (nSPS) is 21.2. The van der Waals surface area contributed by atoms with Crippen molar-refractivity contribution in [3.8, 4) is 0 Å². The second-order valence-electron chi connectivity index (χ2n) is 7.27. The lowest BCUT2D eigenvalue weighted by atomic mass is 9.92. The zero-order chi connectivity index (χ0) is 21.1. The summed E-state index contributed by atoms with van der Waals surface area (Å²) in [6.07, 6.45) is 1.05. The van der Waals surface area contributed by atoms with Crippen molar-refractivity contribution in [2.45, 2.75) is 38.1 Å². The molecule has 1 saturated heterocycles. The second-order valence-corrected chi connectivity index (χ2v) is 9.80. The van der Waals surface area contributed by atoms with Crippen molar-refractivity contribution in [1.82, 2.24) is 9.62 Å². The quantitative estimate of drug-likeness (QED) is 0.672. The van der Waals surface area contributed by atoms with Crippen molar-refractivity contribution >= 4 is 45.1 Å². The summed E-state index contributed by atoms with van der Waals surface area (Å²) in [4.78, 5) is 25.9. The molecule has 0 radical (unpaired) electrons. The molecule has 156 valence electrons. The molecule has 1 aliphatic heterocycles. The number of esters is 1. The highest BCUT2D eigenvalue weighted by atomic mass is 35.5. The zero-order valence-corrected chi connectivity index (χ0v) is 18.3. The number of nitrogens with zero attached hydrogens (tertiary/aromatic N) is 1. The van der Waals surface area contributed by atoms with Crippen LogP contribution in [0.3, 0.4) is 0 Å². The summed E-state index contributed by atoms with van der Waals surface area (Å²) >= 11 is 11.6. The third-order valence-corrected chi connectivity index (χ3v) is 6.72. The number of carbonyl (C=O) groups excluding carboxylic acids is 2. The van der Waals surface area contributed by atoms with Gasteiger partial charge in [-0.1, -0.05) is 37.0 Å². The monoisotopic (exact) mass is 450 g/mol. The summed E-state index contributed by atoms with van der Waals surface area (Å²) in [5, 5.41) is 0.295. The fraction of sp³-hybridized carbons (Fsp3) is 0.556. The number of halogens is 2. The van der Waals surface area contributed by atoms with Crippen LogP contribution in [0.15, 0.2) is 23.1 Å². The molecule has 28 heavy (non-hydrogen) atoms. The third kappa shape index (κ3) is 6.07. The number of hydrogen-bond acceptors (Lipinski definition) is 5. The molecule has 10 heteroatoms. The van der Waals surface area contributed by atoms with Gasteiger partial charge in [-0.3, -0.25) is 9.59 Å². The van der Waals surface area contributed by atoms with E-state index in [2.05, 4.69) is 18.6 Å². The van der Waals surface area contributed by atoms with E-state index in [-0.39, 0.29) is 20.8 Å². The van der Waals surface area contributed by atoms with E-state index in [0.29, 0.717) is 24.9 Å². The molecular weight excluding hydrogens is 427 g/mol. The predicted octanol–water partition coefficient (Wildman–Crippen LogP) is 2.71. The first-order chi connectivity index (χ1) is 13.0. The van der Waals surface area contributed by atoms with Crippen LogP contribution in [0.2, 0.25) is 10.0 Å². The number of carbonyl (C=O) groups is 2. The Labute approximate surface area is 175 Å². The number of rotatable bonds is 6. The van der Waals surface area contributed by atoms with E-state index in [4.69, 9.17) is 27.9 Å². The molecule has 7 nitrogen and oxygen atoms in total. The van der Waals surface area contributed by atoms with Crippen LogP contribution in [0.4, 0.5) is 0 Å². The first kappa shape index (κ1) is 22.9. The van der Waals surface area contributed by atoms with Gasteiger partial charge in [-0.15, -0.1) is 0 Å². The Hall–Kier alpha value is -1.35. The fourth-order valence-corrected chi connectivity index (χ4v) is 4.79. The first-order valence-corrected chi connectivity index (χ1v) is 11.1. The molecule has 1 heterocycles. The maximum Gasteiger partial charge on any atom is 0.324 e. The summed E-state index contributed by atoms with van der Waals surface area (Å²) in [7, 11) is -4.01. The minimum atomic E-state index is -4.01. The van der Waals surface area contributed by atoms with E-state index in [9.17, 15) is 18.0 Å². The number of benzene rings is 1. The topological polar surface area (TPSA) is 92.8 Å². The van der Waals surface area contributed by atoms with Crippen molar-refractivity contribution in [3.63, 3.8) is 0 Å². The fourth-order valence-electron chi connectivity index (χ4n) is 3.21. The van der Waals surface area contributed by atoms with Crippen LogP contribution in [0.5, 0.6) is 0 Å². The second kappa shape index (κ2) is 9.43. The SMILES string of the molecule is CC1CC(C)CN(C(=O)COC(=O)[C@H](C)NS(=O)(=O)c2ccc(Cl)c(Cl)c2)C1. The minimum absolute atomic E-state index is 0.0790. The van der Waals surface area contributed by atoms with Gasteiger partial charge in [0.25, 0.3) is 5.91 Å². The van der Waals surface area contributed by atoms with Gasteiger partial charge in [0, 0.05) is 13.1 Å². The summed E-state index contributed by atoms with van der Waals surface area (Å²) in [5.41, 5.74) is 0. The molecule has 1 N–H and O–H groups in total. The van der Waals surface area contributed by atoms with E-state index < -0.39 is 28.6 Å². The van der Waals surface area contributed by atoms with Crippen LogP contribution in [0, 0.1) is 11.8 Å². The van der Waals surface area contributed by atoms with Gasteiger partial charge in [0.1, 0.15) is 6.04 Å². The molecule has 1 amide bonds. The van der Waals surface area contributed by atoms with Gasteiger partial charge in [-0.05, 0) is 43.4 Å². The van der Waals surface area contributed by atoms with Gasteiger partial charge in [-0.2, -0.15) is 4.72 Å². The van der Waals surface area contributed by atoms with E-state index >= 15 is 0 Å².